The van der Waals surface area contributed by atoms with Gasteiger partial charge in [0.1, 0.15) is 17.8 Å². The normalized spacial score (nSPS) is 10.6. The molecule has 0 aliphatic rings. The topological polar surface area (TPSA) is 107 Å². The number of amides is 1. The molecule has 0 spiro atoms. The SMILES string of the molecule is O=C(NN=Cc1ccc(Oc2ccc([N+](=O)[O-])cn2)cc1)c1ccccc1F. The standard InChI is InChI=1S/C19H13FN4O4/c20-17-4-2-1-3-16(17)19(25)23-22-11-13-5-8-15(9-6-13)28-18-10-7-14(12-21-18)24(26)27/h1-12H,(H,23,25). The zero-order chi connectivity index (χ0) is 19.9. The van der Waals surface area contributed by atoms with Crippen LogP contribution in [-0.4, -0.2) is 22.0 Å². The number of aromatic nitrogens is 1. The van der Waals surface area contributed by atoms with E-state index < -0.39 is 16.6 Å². The summed E-state index contributed by atoms with van der Waals surface area (Å²) in [5.41, 5.74) is 2.69. The van der Waals surface area contributed by atoms with Crippen LogP contribution in [0.25, 0.3) is 0 Å². The lowest BCUT2D eigenvalue weighted by Crippen LogP contribution is -2.18. The van der Waals surface area contributed by atoms with Gasteiger partial charge in [0.05, 0.1) is 16.7 Å². The van der Waals surface area contributed by atoms with Crippen molar-refractivity contribution in [2.75, 3.05) is 0 Å². The Hall–Kier alpha value is -4.14. The highest BCUT2D eigenvalue weighted by Crippen LogP contribution is 2.21. The first-order valence-electron chi connectivity index (χ1n) is 7.99. The molecule has 3 aromatic rings. The highest BCUT2D eigenvalue weighted by atomic mass is 19.1. The Morgan fingerprint density at radius 2 is 1.89 bits per heavy atom. The molecule has 9 heteroatoms. The van der Waals surface area contributed by atoms with Crippen LogP contribution in [0.15, 0.2) is 72.0 Å². The first kappa shape index (κ1) is 18.6. The van der Waals surface area contributed by atoms with E-state index in [1.54, 1.807) is 30.3 Å². The van der Waals surface area contributed by atoms with Crippen molar-refractivity contribution in [1.82, 2.24) is 10.4 Å². The molecule has 1 amide bonds. The molecule has 0 atom stereocenters. The Labute approximate surface area is 158 Å². The van der Waals surface area contributed by atoms with Gasteiger partial charge in [0.25, 0.3) is 11.6 Å². The second-order valence-corrected chi connectivity index (χ2v) is 5.46. The van der Waals surface area contributed by atoms with Gasteiger partial charge in [-0.1, -0.05) is 12.1 Å². The van der Waals surface area contributed by atoms with E-state index in [0.717, 1.165) is 6.20 Å². The predicted octanol–water partition coefficient (Wildman–Crippen LogP) is 3.69. The largest absolute Gasteiger partial charge is 0.439 e. The molecule has 0 saturated carbocycles. The van der Waals surface area contributed by atoms with E-state index in [9.17, 15) is 19.3 Å². The van der Waals surface area contributed by atoms with Gasteiger partial charge in [-0.3, -0.25) is 14.9 Å². The third kappa shape index (κ3) is 4.73. The zero-order valence-corrected chi connectivity index (χ0v) is 14.3. The molecule has 0 aliphatic carbocycles. The second kappa shape index (κ2) is 8.49. The van der Waals surface area contributed by atoms with Gasteiger partial charge in [-0.15, -0.1) is 0 Å². The third-order valence-electron chi connectivity index (χ3n) is 3.53. The number of hydrogen-bond acceptors (Lipinski definition) is 6. The lowest BCUT2D eigenvalue weighted by atomic mass is 10.2. The van der Waals surface area contributed by atoms with E-state index in [1.807, 2.05) is 0 Å². The van der Waals surface area contributed by atoms with Crippen molar-refractivity contribution in [2.45, 2.75) is 0 Å². The first-order chi connectivity index (χ1) is 13.5. The van der Waals surface area contributed by atoms with Gasteiger partial charge in [-0.2, -0.15) is 5.10 Å². The van der Waals surface area contributed by atoms with Crippen LogP contribution in [0, 0.1) is 15.9 Å². The molecule has 3 rings (SSSR count). The van der Waals surface area contributed by atoms with Crippen LogP contribution in [0.3, 0.4) is 0 Å². The summed E-state index contributed by atoms with van der Waals surface area (Å²) < 4.78 is 19.0. The van der Waals surface area contributed by atoms with Crippen molar-refractivity contribution in [3.8, 4) is 11.6 Å². The maximum atomic E-state index is 13.5. The number of carbonyl (C=O) groups excluding carboxylic acids is 1. The van der Waals surface area contributed by atoms with Gasteiger partial charge in [0, 0.05) is 12.1 Å². The Kier molecular flexibility index (Phi) is 5.66. The number of hydrogen-bond donors (Lipinski definition) is 1. The molecule has 140 valence electrons. The van der Waals surface area contributed by atoms with Crippen molar-refractivity contribution in [2.24, 2.45) is 5.10 Å². The molecule has 0 aliphatic heterocycles. The fourth-order valence-corrected chi connectivity index (χ4v) is 2.15. The fourth-order valence-electron chi connectivity index (χ4n) is 2.15. The maximum Gasteiger partial charge on any atom is 0.287 e. The minimum atomic E-state index is -0.654. The molecular weight excluding hydrogens is 367 g/mol. The fraction of sp³-hybridized carbons (Fsp3) is 0. The monoisotopic (exact) mass is 380 g/mol. The van der Waals surface area contributed by atoms with Crippen LogP contribution >= 0.6 is 0 Å². The van der Waals surface area contributed by atoms with Gasteiger partial charge < -0.3 is 4.74 Å². The predicted molar refractivity (Wildman–Crippen MR) is 98.9 cm³/mol. The van der Waals surface area contributed by atoms with E-state index in [4.69, 9.17) is 4.74 Å². The minimum Gasteiger partial charge on any atom is -0.439 e. The molecule has 0 bridgehead atoms. The van der Waals surface area contributed by atoms with Gasteiger partial charge in [-0.05, 0) is 42.0 Å². The number of hydrazone groups is 1. The quantitative estimate of drug-likeness (QED) is 0.399. The van der Waals surface area contributed by atoms with Crippen LogP contribution in [0.5, 0.6) is 11.6 Å². The summed E-state index contributed by atoms with van der Waals surface area (Å²) in [5, 5.41) is 14.4. The summed E-state index contributed by atoms with van der Waals surface area (Å²) in [6.07, 6.45) is 2.50. The van der Waals surface area contributed by atoms with Crippen molar-refractivity contribution in [3.63, 3.8) is 0 Å². The molecule has 1 aromatic heterocycles. The number of ether oxygens (including phenoxy) is 1. The number of nitrogens with one attached hydrogen (secondary N) is 1. The Morgan fingerprint density at radius 1 is 1.14 bits per heavy atom. The average molecular weight is 380 g/mol. The Bertz CT molecular complexity index is 1020. The number of nitrogens with zero attached hydrogens (tertiary/aromatic N) is 3. The van der Waals surface area contributed by atoms with Gasteiger partial charge in [0.15, 0.2) is 0 Å². The van der Waals surface area contributed by atoms with Gasteiger partial charge in [0.2, 0.25) is 5.88 Å². The zero-order valence-electron chi connectivity index (χ0n) is 14.3. The summed E-state index contributed by atoms with van der Waals surface area (Å²) in [5.74, 6) is -0.604. The van der Waals surface area contributed by atoms with Crippen LogP contribution < -0.4 is 10.2 Å². The lowest BCUT2D eigenvalue weighted by molar-refractivity contribution is -0.385. The van der Waals surface area contributed by atoms with Gasteiger partial charge in [-0.25, -0.2) is 14.8 Å². The Morgan fingerprint density at radius 3 is 2.54 bits per heavy atom. The summed E-state index contributed by atoms with van der Waals surface area (Å²) in [7, 11) is 0. The highest BCUT2D eigenvalue weighted by Gasteiger charge is 2.09. The number of halogens is 1. The van der Waals surface area contributed by atoms with Crippen LogP contribution in [0.1, 0.15) is 15.9 Å². The van der Waals surface area contributed by atoms with Crippen LogP contribution in [-0.2, 0) is 0 Å². The first-order valence-corrected chi connectivity index (χ1v) is 7.99. The average Bonchev–Trinajstić information content (AvgIpc) is 2.70. The van der Waals surface area contributed by atoms with E-state index in [-0.39, 0.29) is 17.1 Å². The number of rotatable bonds is 6. The summed E-state index contributed by atoms with van der Waals surface area (Å²) >= 11 is 0. The van der Waals surface area contributed by atoms with Crippen molar-refractivity contribution in [3.05, 3.63) is 93.9 Å². The molecular formula is C19H13FN4O4. The molecule has 0 radical (unpaired) electrons. The van der Waals surface area contributed by atoms with E-state index >= 15 is 0 Å². The molecule has 8 nitrogen and oxygen atoms in total. The number of nitro groups is 1. The van der Waals surface area contributed by atoms with E-state index in [0.29, 0.717) is 11.3 Å². The molecule has 0 unspecified atom stereocenters. The molecule has 2 aromatic carbocycles. The molecule has 28 heavy (non-hydrogen) atoms. The number of carbonyl (C=O) groups is 1. The molecule has 0 saturated heterocycles. The van der Waals surface area contributed by atoms with E-state index in [2.05, 4.69) is 15.5 Å². The van der Waals surface area contributed by atoms with Crippen molar-refractivity contribution in [1.29, 1.82) is 0 Å². The smallest absolute Gasteiger partial charge is 0.287 e. The van der Waals surface area contributed by atoms with Crippen molar-refractivity contribution >= 4 is 17.8 Å². The van der Waals surface area contributed by atoms with Crippen LogP contribution in [0.4, 0.5) is 10.1 Å². The molecule has 1 heterocycles. The summed E-state index contributed by atoms with van der Waals surface area (Å²) in [6.45, 7) is 0. The minimum absolute atomic E-state index is 0.0982. The number of benzene rings is 2. The summed E-state index contributed by atoms with van der Waals surface area (Å²) in [6, 6.07) is 14.9. The maximum absolute atomic E-state index is 13.5. The third-order valence-corrected chi connectivity index (χ3v) is 3.53. The Balaban J connectivity index is 1.58. The van der Waals surface area contributed by atoms with E-state index in [1.165, 1.54) is 36.5 Å². The lowest BCUT2D eigenvalue weighted by Gasteiger charge is -2.04. The highest BCUT2D eigenvalue weighted by molar-refractivity contribution is 5.95. The van der Waals surface area contributed by atoms with Crippen molar-refractivity contribution < 1.29 is 18.8 Å². The molecule has 1 N–H and O–H groups in total. The summed E-state index contributed by atoms with van der Waals surface area (Å²) in [4.78, 5) is 25.8. The van der Waals surface area contributed by atoms with Crippen LogP contribution in [0.2, 0.25) is 0 Å². The second-order valence-electron chi connectivity index (χ2n) is 5.46. The van der Waals surface area contributed by atoms with Gasteiger partial charge >= 0.3 is 0 Å². The molecule has 0 fully saturated rings. The number of pyridine rings is 1.